The van der Waals surface area contributed by atoms with E-state index in [0.29, 0.717) is 44.7 Å². The molecule has 0 unspecified atom stereocenters. The first-order chi connectivity index (χ1) is 14.7. The summed E-state index contributed by atoms with van der Waals surface area (Å²) >= 11 is 0. The third-order valence-corrected chi connectivity index (χ3v) is 6.87. The average Bonchev–Trinajstić information content (AvgIpc) is 2.67. The van der Waals surface area contributed by atoms with Crippen LogP contribution >= 0.6 is 0 Å². The molecule has 3 amide bonds. The Hall–Kier alpha value is -2.43. The highest BCUT2D eigenvalue weighted by Crippen LogP contribution is 2.53. The van der Waals surface area contributed by atoms with Crippen LogP contribution in [0.3, 0.4) is 0 Å². The van der Waals surface area contributed by atoms with Crippen LogP contribution in [0.25, 0.3) is 0 Å². The first-order valence-corrected chi connectivity index (χ1v) is 10.5. The number of ether oxygens (including phenoxy) is 1. The lowest BCUT2D eigenvalue weighted by molar-refractivity contribution is -0.141. The number of carbonyl (C=O) groups is 2. The van der Waals surface area contributed by atoms with Crippen LogP contribution in [-0.4, -0.2) is 76.6 Å². The number of urea groups is 1. The lowest BCUT2D eigenvalue weighted by Crippen LogP contribution is -2.68. The molecule has 168 valence electrons. The largest absolute Gasteiger partial charge is 0.433 e. The van der Waals surface area contributed by atoms with Crippen LogP contribution in [0, 0.1) is 11.3 Å². The third-order valence-electron chi connectivity index (χ3n) is 6.87. The number of carbonyl (C=O) groups excluding carboxylic acids is 2. The predicted octanol–water partition coefficient (Wildman–Crippen LogP) is 1.46. The summed E-state index contributed by atoms with van der Waals surface area (Å²) in [5.41, 5.74) is -0.412. The first-order valence-electron chi connectivity index (χ1n) is 10.5. The monoisotopic (exact) mass is 439 g/mol. The molecule has 1 N–H and O–H groups in total. The number of rotatable bonds is 2. The second kappa shape index (κ2) is 7.32. The zero-order valence-electron chi connectivity index (χ0n) is 16.9. The number of halogens is 3. The Kier molecular flexibility index (Phi) is 4.83. The van der Waals surface area contributed by atoms with E-state index in [4.69, 9.17) is 4.74 Å². The molecule has 11 heteroatoms. The molecular formula is C20H24F3N5O3. The lowest BCUT2D eigenvalue weighted by Gasteiger charge is -2.60. The maximum Gasteiger partial charge on any atom is 0.433 e. The highest BCUT2D eigenvalue weighted by Gasteiger charge is 2.54. The number of likely N-dealkylation sites (tertiary alicyclic amines) is 2. The highest BCUT2D eigenvalue weighted by molar-refractivity contribution is 5.79. The van der Waals surface area contributed by atoms with E-state index >= 15 is 0 Å². The van der Waals surface area contributed by atoms with Crippen LogP contribution in [0.15, 0.2) is 12.4 Å². The van der Waals surface area contributed by atoms with E-state index in [-0.39, 0.29) is 42.0 Å². The molecule has 0 radical (unpaired) electrons. The molecule has 1 aliphatic carbocycles. The Balaban J connectivity index is 1.10. The fourth-order valence-corrected chi connectivity index (χ4v) is 5.50. The molecule has 3 saturated heterocycles. The fraction of sp³-hybridized carbons (Fsp3) is 0.700. The molecule has 4 fully saturated rings. The molecule has 8 nitrogen and oxygen atoms in total. The van der Waals surface area contributed by atoms with E-state index in [2.05, 4.69) is 15.3 Å². The summed E-state index contributed by atoms with van der Waals surface area (Å²) < 4.78 is 44.0. The second-order valence-electron chi connectivity index (χ2n) is 9.27. The van der Waals surface area contributed by atoms with Gasteiger partial charge in [0.1, 0.15) is 18.6 Å². The predicted molar refractivity (Wildman–Crippen MR) is 101 cm³/mol. The van der Waals surface area contributed by atoms with Gasteiger partial charge in [0.25, 0.3) is 0 Å². The van der Waals surface area contributed by atoms with Crippen molar-refractivity contribution in [3.8, 4) is 0 Å². The van der Waals surface area contributed by atoms with Crippen molar-refractivity contribution < 1.29 is 27.5 Å². The highest BCUT2D eigenvalue weighted by atomic mass is 19.4. The van der Waals surface area contributed by atoms with Crippen molar-refractivity contribution in [2.45, 2.75) is 44.0 Å². The number of hydrogen-bond acceptors (Lipinski definition) is 5. The minimum absolute atomic E-state index is 0.0158. The van der Waals surface area contributed by atoms with Gasteiger partial charge in [-0.05, 0) is 37.7 Å². The lowest BCUT2D eigenvalue weighted by atomic mass is 9.57. The number of amides is 3. The molecule has 1 aromatic heterocycles. The number of hydrogen-bond donors (Lipinski definition) is 1. The van der Waals surface area contributed by atoms with Crippen LogP contribution < -0.4 is 5.32 Å². The number of morpholine rings is 1. The Morgan fingerprint density at radius 2 is 2.03 bits per heavy atom. The average molecular weight is 439 g/mol. The third kappa shape index (κ3) is 3.95. The molecule has 31 heavy (non-hydrogen) atoms. The smallest absolute Gasteiger partial charge is 0.366 e. The number of fused-ring (bicyclic) bond motifs is 1. The van der Waals surface area contributed by atoms with Crippen LogP contribution in [0.4, 0.5) is 18.0 Å². The number of piperidine rings is 1. The number of nitrogens with one attached hydrogen (secondary N) is 1. The van der Waals surface area contributed by atoms with Gasteiger partial charge >= 0.3 is 12.2 Å². The Bertz CT molecular complexity index is 881. The van der Waals surface area contributed by atoms with Crippen molar-refractivity contribution in [2.75, 3.05) is 32.8 Å². The normalized spacial score (nSPS) is 27.9. The molecule has 0 aromatic carbocycles. The van der Waals surface area contributed by atoms with Gasteiger partial charge < -0.3 is 19.9 Å². The molecule has 2 atom stereocenters. The quantitative estimate of drug-likeness (QED) is 0.754. The van der Waals surface area contributed by atoms with Gasteiger partial charge in [-0.3, -0.25) is 4.79 Å². The molecule has 4 heterocycles. The van der Waals surface area contributed by atoms with E-state index in [1.165, 1.54) is 0 Å². The molecule has 1 aromatic rings. The van der Waals surface area contributed by atoms with Crippen molar-refractivity contribution in [3.05, 3.63) is 23.8 Å². The van der Waals surface area contributed by atoms with Gasteiger partial charge in [0.05, 0.1) is 12.1 Å². The van der Waals surface area contributed by atoms with Crippen molar-refractivity contribution in [1.29, 1.82) is 0 Å². The summed E-state index contributed by atoms with van der Waals surface area (Å²) in [7, 11) is 0. The molecule has 3 aliphatic heterocycles. The van der Waals surface area contributed by atoms with Crippen LogP contribution in [0.2, 0.25) is 0 Å². The summed E-state index contributed by atoms with van der Waals surface area (Å²) in [5.74, 6) is 0.128. The van der Waals surface area contributed by atoms with Gasteiger partial charge in [0.15, 0.2) is 0 Å². The summed E-state index contributed by atoms with van der Waals surface area (Å²) in [6.45, 7) is 2.49. The molecule has 4 aliphatic rings. The van der Waals surface area contributed by atoms with E-state index < -0.39 is 11.9 Å². The van der Waals surface area contributed by atoms with E-state index in [1.54, 1.807) is 4.90 Å². The van der Waals surface area contributed by atoms with Crippen LogP contribution in [0.5, 0.6) is 0 Å². The van der Waals surface area contributed by atoms with Crippen molar-refractivity contribution in [1.82, 2.24) is 25.1 Å². The minimum atomic E-state index is -4.46. The van der Waals surface area contributed by atoms with Crippen molar-refractivity contribution >= 4 is 11.9 Å². The topological polar surface area (TPSA) is 87.7 Å². The number of aromatic nitrogens is 2. The SMILES string of the molecule is O=C1CO[C@H]2CCN(C(=O)N3CC4(CC(Cc5cc(C(F)(F)F)ncn5)C4)C3)C[C@H]2N1. The van der Waals surface area contributed by atoms with E-state index in [0.717, 1.165) is 25.2 Å². The zero-order valence-corrected chi connectivity index (χ0v) is 16.9. The Morgan fingerprint density at radius 1 is 1.26 bits per heavy atom. The first kappa shape index (κ1) is 20.5. The maximum absolute atomic E-state index is 12.8. The Labute approximate surface area is 177 Å². The minimum Gasteiger partial charge on any atom is -0.366 e. The summed E-state index contributed by atoms with van der Waals surface area (Å²) in [5, 5.41) is 2.90. The van der Waals surface area contributed by atoms with Gasteiger partial charge in [-0.2, -0.15) is 13.2 Å². The molecule has 1 saturated carbocycles. The number of nitrogens with zero attached hydrogens (tertiary/aromatic N) is 4. The standard InChI is InChI=1S/C20H24F3N5O3/c21-20(22,23)16-4-13(24-11-25-16)3-12-5-19(6-12)9-28(10-19)18(30)27-2-1-15-14(7-27)26-17(29)8-31-15/h4,11-12,14-15H,1-3,5-10H2,(H,26,29)/t14-,15+/m1/s1. The summed E-state index contributed by atoms with van der Waals surface area (Å²) in [6.07, 6.45) is -0.551. The summed E-state index contributed by atoms with van der Waals surface area (Å²) in [6, 6.07) is 0.855. The number of alkyl halides is 3. The summed E-state index contributed by atoms with van der Waals surface area (Å²) in [4.78, 5) is 35.3. The van der Waals surface area contributed by atoms with E-state index in [9.17, 15) is 22.8 Å². The van der Waals surface area contributed by atoms with Gasteiger partial charge in [-0.1, -0.05) is 0 Å². The molecular weight excluding hydrogens is 415 g/mol. The molecule has 5 rings (SSSR count). The van der Waals surface area contributed by atoms with Gasteiger partial charge in [0.2, 0.25) is 5.91 Å². The molecule has 0 bridgehead atoms. The van der Waals surface area contributed by atoms with Gasteiger partial charge in [-0.25, -0.2) is 14.8 Å². The zero-order chi connectivity index (χ0) is 21.8. The van der Waals surface area contributed by atoms with Gasteiger partial charge in [0, 0.05) is 37.3 Å². The second-order valence-corrected chi connectivity index (χ2v) is 9.27. The maximum atomic E-state index is 12.8. The van der Waals surface area contributed by atoms with Crippen molar-refractivity contribution in [3.63, 3.8) is 0 Å². The molecule has 1 spiro atoms. The van der Waals surface area contributed by atoms with Crippen LogP contribution in [-0.2, 0) is 22.1 Å². The fourth-order valence-electron chi connectivity index (χ4n) is 5.50. The van der Waals surface area contributed by atoms with Gasteiger partial charge in [-0.15, -0.1) is 0 Å². The Morgan fingerprint density at radius 3 is 2.77 bits per heavy atom. The van der Waals surface area contributed by atoms with Crippen LogP contribution in [0.1, 0.15) is 30.7 Å². The van der Waals surface area contributed by atoms with Crippen molar-refractivity contribution in [2.24, 2.45) is 11.3 Å². The van der Waals surface area contributed by atoms with E-state index in [1.807, 2.05) is 4.90 Å².